The molecule has 22 heavy (non-hydrogen) atoms. The first kappa shape index (κ1) is 16.3. The monoisotopic (exact) mass is 322 g/mol. The first-order chi connectivity index (χ1) is 10.5. The normalized spacial score (nSPS) is 10.7. The number of fused-ring (bicyclic) bond motifs is 1. The van der Waals surface area contributed by atoms with Crippen molar-refractivity contribution in [1.82, 2.24) is 15.2 Å². The Morgan fingerprint density at radius 2 is 2.14 bits per heavy atom. The van der Waals surface area contributed by atoms with Crippen molar-refractivity contribution in [2.24, 2.45) is 0 Å². The Hall–Kier alpha value is -2.09. The van der Waals surface area contributed by atoms with E-state index in [1.807, 2.05) is 19.9 Å². The average molecular weight is 322 g/mol. The number of anilines is 1. The van der Waals surface area contributed by atoms with Gasteiger partial charge in [0.1, 0.15) is 0 Å². The Morgan fingerprint density at radius 3 is 2.86 bits per heavy atom. The number of H-pyrrole nitrogens is 1. The van der Waals surface area contributed by atoms with Crippen molar-refractivity contribution >= 4 is 40.5 Å². The number of aryl methyl sites for hydroxylation is 2. The van der Waals surface area contributed by atoms with Gasteiger partial charge < -0.3 is 10.1 Å². The van der Waals surface area contributed by atoms with E-state index in [1.165, 1.54) is 11.8 Å². The van der Waals surface area contributed by atoms with Gasteiger partial charge in [0.25, 0.3) is 0 Å². The van der Waals surface area contributed by atoms with Gasteiger partial charge in [-0.25, -0.2) is 4.98 Å². The molecule has 1 amide bonds. The predicted molar refractivity (Wildman–Crippen MR) is 86.0 cm³/mol. The summed E-state index contributed by atoms with van der Waals surface area (Å²) < 4.78 is 4.80. The van der Waals surface area contributed by atoms with Gasteiger partial charge in [-0.05, 0) is 32.4 Å². The zero-order valence-electron chi connectivity index (χ0n) is 12.7. The van der Waals surface area contributed by atoms with Gasteiger partial charge in [0.2, 0.25) is 5.91 Å². The lowest BCUT2D eigenvalue weighted by atomic mass is 10.2. The van der Waals surface area contributed by atoms with Crippen LogP contribution in [0.5, 0.6) is 0 Å². The number of aromatic amines is 1. The second-order valence-electron chi connectivity index (χ2n) is 4.72. The standard InChI is InChI=1S/C14H18N4O3S/c1-4-21-11(20)7-22-6-10(19)16-14-12-8(2)5-9(3)15-13(12)17-18-14/h5H,4,6-7H2,1-3H3,(H2,15,16,17,18,19). The van der Waals surface area contributed by atoms with E-state index in [4.69, 9.17) is 4.74 Å². The number of esters is 1. The van der Waals surface area contributed by atoms with Crippen molar-refractivity contribution < 1.29 is 14.3 Å². The largest absolute Gasteiger partial charge is 0.465 e. The highest BCUT2D eigenvalue weighted by Gasteiger charge is 2.13. The quantitative estimate of drug-likeness (QED) is 0.787. The second-order valence-corrected chi connectivity index (χ2v) is 5.71. The third kappa shape index (κ3) is 3.97. The minimum Gasteiger partial charge on any atom is -0.465 e. The lowest BCUT2D eigenvalue weighted by Crippen LogP contribution is -2.16. The summed E-state index contributed by atoms with van der Waals surface area (Å²) in [4.78, 5) is 27.4. The molecule has 0 aliphatic carbocycles. The molecule has 2 heterocycles. The van der Waals surface area contributed by atoms with Crippen molar-refractivity contribution in [2.75, 3.05) is 23.4 Å². The summed E-state index contributed by atoms with van der Waals surface area (Å²) >= 11 is 1.20. The summed E-state index contributed by atoms with van der Waals surface area (Å²) in [7, 11) is 0. The molecule has 0 bridgehead atoms. The van der Waals surface area contributed by atoms with Crippen molar-refractivity contribution in [3.8, 4) is 0 Å². The highest BCUT2D eigenvalue weighted by Crippen LogP contribution is 2.23. The summed E-state index contributed by atoms with van der Waals surface area (Å²) in [6.07, 6.45) is 0. The number of carbonyl (C=O) groups excluding carboxylic acids is 2. The SMILES string of the molecule is CCOC(=O)CSCC(=O)Nc1n[nH]c2nc(C)cc(C)c12. The van der Waals surface area contributed by atoms with E-state index >= 15 is 0 Å². The molecular formula is C14H18N4O3S. The smallest absolute Gasteiger partial charge is 0.315 e. The summed E-state index contributed by atoms with van der Waals surface area (Å²) in [5.41, 5.74) is 2.52. The van der Waals surface area contributed by atoms with E-state index in [2.05, 4.69) is 20.5 Å². The van der Waals surface area contributed by atoms with E-state index in [1.54, 1.807) is 6.92 Å². The molecule has 2 rings (SSSR count). The maximum Gasteiger partial charge on any atom is 0.315 e. The number of hydrogen-bond donors (Lipinski definition) is 2. The molecule has 0 aliphatic heterocycles. The van der Waals surface area contributed by atoms with Crippen molar-refractivity contribution in [3.63, 3.8) is 0 Å². The van der Waals surface area contributed by atoms with E-state index in [-0.39, 0.29) is 23.4 Å². The van der Waals surface area contributed by atoms with Crippen LogP contribution in [-0.4, -0.2) is 45.2 Å². The van der Waals surface area contributed by atoms with Crippen LogP contribution in [0.3, 0.4) is 0 Å². The topological polar surface area (TPSA) is 97.0 Å². The van der Waals surface area contributed by atoms with Crippen molar-refractivity contribution in [3.05, 3.63) is 17.3 Å². The van der Waals surface area contributed by atoms with E-state index < -0.39 is 0 Å². The lowest BCUT2D eigenvalue weighted by Gasteiger charge is -2.04. The van der Waals surface area contributed by atoms with Gasteiger partial charge in [0.05, 0.1) is 23.5 Å². The minimum absolute atomic E-state index is 0.155. The first-order valence-corrected chi connectivity index (χ1v) is 8.02. The number of amides is 1. The third-order valence-corrected chi connectivity index (χ3v) is 3.78. The van der Waals surface area contributed by atoms with Gasteiger partial charge in [-0.15, -0.1) is 11.8 Å². The fourth-order valence-corrected chi connectivity index (χ4v) is 2.68. The molecule has 0 saturated heterocycles. The number of ether oxygens (including phenoxy) is 1. The minimum atomic E-state index is -0.318. The highest BCUT2D eigenvalue weighted by molar-refractivity contribution is 8.00. The van der Waals surface area contributed by atoms with Gasteiger partial charge in [-0.3, -0.25) is 14.7 Å². The fourth-order valence-electron chi connectivity index (χ4n) is 2.07. The van der Waals surface area contributed by atoms with Crippen LogP contribution in [0.2, 0.25) is 0 Å². The Balaban J connectivity index is 1.96. The summed E-state index contributed by atoms with van der Waals surface area (Å²) in [5, 5.41) is 10.4. The first-order valence-electron chi connectivity index (χ1n) is 6.86. The summed E-state index contributed by atoms with van der Waals surface area (Å²) in [6, 6.07) is 1.93. The molecule has 118 valence electrons. The molecule has 0 aromatic carbocycles. The number of thioether (sulfide) groups is 1. The Kier molecular flexibility index (Phi) is 5.37. The van der Waals surface area contributed by atoms with Crippen LogP contribution in [0.15, 0.2) is 6.07 Å². The Bertz CT molecular complexity index is 699. The predicted octanol–water partition coefficient (Wildman–Crippen LogP) is 1.81. The van der Waals surface area contributed by atoms with Crippen LogP contribution in [0.25, 0.3) is 11.0 Å². The number of aromatic nitrogens is 3. The van der Waals surface area contributed by atoms with Crippen LogP contribution in [0.4, 0.5) is 5.82 Å². The van der Waals surface area contributed by atoms with Crippen LogP contribution in [-0.2, 0) is 14.3 Å². The zero-order chi connectivity index (χ0) is 16.1. The number of nitrogens with zero attached hydrogens (tertiary/aromatic N) is 2. The van der Waals surface area contributed by atoms with Crippen LogP contribution >= 0.6 is 11.8 Å². The maximum atomic E-state index is 11.9. The van der Waals surface area contributed by atoms with Gasteiger partial charge in [0.15, 0.2) is 11.5 Å². The van der Waals surface area contributed by atoms with Gasteiger partial charge in [-0.2, -0.15) is 5.10 Å². The number of carbonyl (C=O) groups is 2. The van der Waals surface area contributed by atoms with Crippen LogP contribution in [0.1, 0.15) is 18.2 Å². The van der Waals surface area contributed by atoms with Crippen molar-refractivity contribution in [2.45, 2.75) is 20.8 Å². The molecule has 0 spiro atoms. The second kappa shape index (κ2) is 7.26. The summed E-state index contributed by atoms with van der Waals surface area (Å²) in [5.74, 6) is 0.235. The van der Waals surface area contributed by atoms with Gasteiger partial charge in [0, 0.05) is 5.69 Å². The van der Waals surface area contributed by atoms with Crippen LogP contribution < -0.4 is 5.32 Å². The molecule has 2 aromatic heterocycles. The molecule has 2 N–H and O–H groups in total. The summed E-state index contributed by atoms with van der Waals surface area (Å²) in [6.45, 7) is 5.93. The maximum absolute atomic E-state index is 11.9. The molecule has 2 aromatic rings. The number of rotatable bonds is 6. The zero-order valence-corrected chi connectivity index (χ0v) is 13.5. The Morgan fingerprint density at radius 1 is 1.36 bits per heavy atom. The Labute approximate surface area is 132 Å². The number of pyridine rings is 1. The molecule has 0 fully saturated rings. The van der Waals surface area contributed by atoms with Crippen LogP contribution in [0, 0.1) is 13.8 Å². The highest BCUT2D eigenvalue weighted by atomic mass is 32.2. The van der Waals surface area contributed by atoms with Gasteiger partial charge in [-0.1, -0.05) is 0 Å². The molecule has 0 atom stereocenters. The molecule has 0 saturated carbocycles. The van der Waals surface area contributed by atoms with Crippen molar-refractivity contribution in [1.29, 1.82) is 0 Å². The average Bonchev–Trinajstić information content (AvgIpc) is 2.82. The molecule has 7 nitrogen and oxygen atoms in total. The van der Waals surface area contributed by atoms with E-state index in [0.29, 0.717) is 18.1 Å². The van der Waals surface area contributed by atoms with E-state index in [0.717, 1.165) is 16.6 Å². The van der Waals surface area contributed by atoms with Gasteiger partial charge >= 0.3 is 5.97 Å². The molecular weight excluding hydrogens is 304 g/mol. The molecule has 8 heteroatoms. The molecule has 0 aliphatic rings. The third-order valence-electron chi connectivity index (χ3n) is 2.87. The van der Waals surface area contributed by atoms with E-state index in [9.17, 15) is 9.59 Å². The lowest BCUT2D eigenvalue weighted by molar-refractivity contribution is -0.139. The molecule has 0 unspecified atom stereocenters. The fraction of sp³-hybridized carbons (Fsp3) is 0.429. The number of hydrogen-bond acceptors (Lipinski definition) is 6. The number of nitrogens with one attached hydrogen (secondary N) is 2. The molecule has 0 radical (unpaired) electrons.